The average Bonchev–Trinajstić information content (AvgIpc) is 2.67. The molecule has 2 rings (SSSR count). The van der Waals surface area contributed by atoms with Gasteiger partial charge in [0.2, 0.25) is 5.91 Å². The van der Waals surface area contributed by atoms with Gasteiger partial charge in [0.1, 0.15) is 11.4 Å². The van der Waals surface area contributed by atoms with Crippen molar-refractivity contribution in [1.29, 1.82) is 0 Å². The molecule has 6 nitrogen and oxygen atoms in total. The fraction of sp³-hybridized carbons (Fsp3) is 0.348. The number of ether oxygens (including phenoxy) is 2. The van der Waals surface area contributed by atoms with Crippen LogP contribution in [-0.2, 0) is 20.1 Å². The summed E-state index contributed by atoms with van der Waals surface area (Å²) in [4.78, 5) is 23.6. The van der Waals surface area contributed by atoms with Gasteiger partial charge in [-0.05, 0) is 68.7 Å². The van der Waals surface area contributed by atoms with Crippen molar-refractivity contribution in [2.45, 2.75) is 39.0 Å². The highest BCUT2D eigenvalue weighted by molar-refractivity contribution is 7.99. The van der Waals surface area contributed by atoms with E-state index < -0.39 is 11.6 Å². The lowest BCUT2D eigenvalue weighted by Gasteiger charge is -2.19. The molecule has 7 heteroatoms. The number of hydrogen-bond donors (Lipinski definition) is 1. The van der Waals surface area contributed by atoms with Crippen LogP contribution in [0.3, 0.4) is 0 Å². The molecular weight excluding hydrogens is 400 g/mol. The van der Waals surface area contributed by atoms with Crippen molar-refractivity contribution in [3.63, 3.8) is 0 Å². The number of thioether (sulfide) groups is 1. The van der Waals surface area contributed by atoms with Crippen LogP contribution in [0.4, 0.5) is 0 Å². The van der Waals surface area contributed by atoms with Crippen molar-refractivity contribution >= 4 is 29.9 Å². The minimum atomic E-state index is -0.538. The Balaban J connectivity index is 1.70. The van der Waals surface area contributed by atoms with E-state index in [9.17, 15) is 9.59 Å². The lowest BCUT2D eigenvalue weighted by Crippen LogP contribution is -2.27. The Kier molecular flexibility index (Phi) is 8.92. The van der Waals surface area contributed by atoms with E-state index in [0.717, 1.165) is 11.3 Å². The zero-order valence-corrected chi connectivity index (χ0v) is 18.6. The minimum Gasteiger partial charge on any atom is -0.482 e. The topological polar surface area (TPSA) is 77.0 Å². The molecule has 0 aromatic heterocycles. The maximum absolute atomic E-state index is 11.9. The second-order valence-electron chi connectivity index (χ2n) is 7.66. The molecule has 0 saturated carbocycles. The van der Waals surface area contributed by atoms with Crippen molar-refractivity contribution in [2.75, 3.05) is 12.4 Å². The summed E-state index contributed by atoms with van der Waals surface area (Å²) in [6.07, 6.45) is 1.56. The van der Waals surface area contributed by atoms with Crippen LogP contribution in [0.5, 0.6) is 5.75 Å². The zero-order chi connectivity index (χ0) is 22.0. The summed E-state index contributed by atoms with van der Waals surface area (Å²) in [6.45, 7) is 7.33. The van der Waals surface area contributed by atoms with Gasteiger partial charge in [-0.15, -0.1) is 11.8 Å². The quantitative estimate of drug-likeness (QED) is 0.370. The first-order valence-corrected chi connectivity index (χ1v) is 10.8. The van der Waals surface area contributed by atoms with E-state index in [2.05, 4.69) is 29.6 Å². The third kappa shape index (κ3) is 9.13. The van der Waals surface area contributed by atoms with Crippen LogP contribution in [0.1, 0.15) is 37.5 Å². The molecule has 0 fully saturated rings. The second-order valence-corrected chi connectivity index (χ2v) is 8.64. The van der Waals surface area contributed by atoms with Gasteiger partial charge in [0.25, 0.3) is 0 Å². The molecule has 0 atom stereocenters. The summed E-state index contributed by atoms with van der Waals surface area (Å²) in [5.74, 6) is 1.10. The van der Waals surface area contributed by atoms with E-state index in [1.165, 1.54) is 11.1 Å². The van der Waals surface area contributed by atoms with E-state index in [1.54, 1.807) is 63.0 Å². The van der Waals surface area contributed by atoms with Crippen molar-refractivity contribution in [3.8, 4) is 5.75 Å². The smallest absolute Gasteiger partial charge is 0.344 e. The molecule has 0 aliphatic rings. The minimum absolute atomic E-state index is 0.151. The van der Waals surface area contributed by atoms with Crippen LogP contribution >= 0.6 is 11.8 Å². The average molecular weight is 429 g/mol. The molecule has 2 aromatic rings. The number of hydrazone groups is 1. The fourth-order valence-electron chi connectivity index (χ4n) is 2.40. The monoisotopic (exact) mass is 428 g/mol. The predicted octanol–water partition coefficient (Wildman–Crippen LogP) is 4.10. The van der Waals surface area contributed by atoms with Crippen molar-refractivity contribution in [2.24, 2.45) is 5.10 Å². The Labute approximate surface area is 182 Å². The van der Waals surface area contributed by atoms with Gasteiger partial charge < -0.3 is 9.47 Å². The van der Waals surface area contributed by atoms with Gasteiger partial charge in [-0.3, -0.25) is 4.79 Å². The molecule has 1 amide bonds. The van der Waals surface area contributed by atoms with Crippen LogP contribution < -0.4 is 10.2 Å². The van der Waals surface area contributed by atoms with Gasteiger partial charge in [-0.1, -0.05) is 24.3 Å². The molecule has 0 bridgehead atoms. The van der Waals surface area contributed by atoms with Crippen molar-refractivity contribution in [1.82, 2.24) is 5.43 Å². The normalized spacial score (nSPS) is 11.3. The largest absolute Gasteiger partial charge is 0.482 e. The third-order valence-corrected chi connectivity index (χ3v) is 4.79. The third-order valence-electron chi connectivity index (χ3n) is 3.81. The number of rotatable bonds is 9. The van der Waals surface area contributed by atoms with E-state index >= 15 is 0 Å². The number of aryl methyl sites for hydroxylation is 1. The Morgan fingerprint density at radius 3 is 2.47 bits per heavy atom. The van der Waals surface area contributed by atoms with E-state index in [0.29, 0.717) is 11.5 Å². The molecule has 0 aliphatic carbocycles. The van der Waals surface area contributed by atoms with Gasteiger partial charge in [0.05, 0.1) is 12.0 Å². The standard InChI is InChI=1S/C23H28N2O4S/c1-17-7-5-6-8-19(17)15-30-16-21(26)25-24-13-18-9-11-20(12-10-18)28-14-22(27)29-23(2,3)4/h5-13H,14-16H2,1-4H3,(H,25,26). The first-order valence-electron chi connectivity index (χ1n) is 9.62. The molecule has 2 aromatic carbocycles. The van der Waals surface area contributed by atoms with E-state index in [4.69, 9.17) is 9.47 Å². The second kappa shape index (κ2) is 11.4. The van der Waals surface area contributed by atoms with Gasteiger partial charge in [-0.25, -0.2) is 10.2 Å². The summed E-state index contributed by atoms with van der Waals surface area (Å²) in [6, 6.07) is 15.2. The molecule has 0 spiro atoms. The highest BCUT2D eigenvalue weighted by atomic mass is 32.2. The number of esters is 1. The fourth-order valence-corrected chi connectivity index (χ4v) is 3.30. The predicted molar refractivity (Wildman–Crippen MR) is 121 cm³/mol. The number of hydrogen-bond acceptors (Lipinski definition) is 6. The molecule has 0 aliphatic heterocycles. The van der Waals surface area contributed by atoms with Crippen LogP contribution in [0.15, 0.2) is 53.6 Å². The SMILES string of the molecule is Cc1ccccc1CSCC(=O)NN=Cc1ccc(OCC(=O)OC(C)(C)C)cc1. The number of carbonyl (C=O) groups excluding carboxylic acids is 2. The number of nitrogens with one attached hydrogen (secondary N) is 1. The van der Waals surface area contributed by atoms with Gasteiger partial charge in [0, 0.05) is 5.75 Å². The lowest BCUT2D eigenvalue weighted by atomic mass is 10.1. The zero-order valence-electron chi connectivity index (χ0n) is 17.8. The van der Waals surface area contributed by atoms with Crippen molar-refractivity contribution in [3.05, 3.63) is 65.2 Å². The molecule has 0 unspecified atom stereocenters. The first kappa shape index (κ1) is 23.5. The van der Waals surface area contributed by atoms with Crippen LogP contribution in [-0.4, -0.2) is 36.1 Å². The van der Waals surface area contributed by atoms with Gasteiger partial charge >= 0.3 is 5.97 Å². The highest BCUT2D eigenvalue weighted by Crippen LogP contribution is 2.15. The first-order chi connectivity index (χ1) is 14.2. The Morgan fingerprint density at radius 2 is 1.80 bits per heavy atom. The maximum Gasteiger partial charge on any atom is 0.344 e. The van der Waals surface area contributed by atoms with Crippen LogP contribution in [0, 0.1) is 6.92 Å². The summed E-state index contributed by atoms with van der Waals surface area (Å²) in [5.41, 5.74) is 5.24. The Bertz CT molecular complexity index is 874. The molecule has 1 N–H and O–H groups in total. The van der Waals surface area contributed by atoms with Crippen LogP contribution in [0.2, 0.25) is 0 Å². The van der Waals surface area contributed by atoms with E-state index in [-0.39, 0.29) is 12.5 Å². The van der Waals surface area contributed by atoms with Crippen molar-refractivity contribution < 1.29 is 19.1 Å². The molecule has 30 heavy (non-hydrogen) atoms. The number of carbonyl (C=O) groups is 2. The lowest BCUT2D eigenvalue weighted by molar-refractivity contribution is -0.157. The molecule has 0 heterocycles. The van der Waals surface area contributed by atoms with Gasteiger partial charge in [0.15, 0.2) is 6.61 Å². The number of amides is 1. The summed E-state index contributed by atoms with van der Waals surface area (Å²) >= 11 is 1.55. The summed E-state index contributed by atoms with van der Waals surface area (Å²) < 4.78 is 10.6. The van der Waals surface area contributed by atoms with E-state index in [1.807, 2.05) is 12.1 Å². The molecule has 0 saturated heterocycles. The summed E-state index contributed by atoms with van der Waals surface area (Å²) in [7, 11) is 0. The number of benzene rings is 2. The highest BCUT2D eigenvalue weighted by Gasteiger charge is 2.16. The Morgan fingerprint density at radius 1 is 1.10 bits per heavy atom. The van der Waals surface area contributed by atoms with Crippen LogP contribution in [0.25, 0.3) is 0 Å². The molecular formula is C23H28N2O4S. The van der Waals surface area contributed by atoms with Gasteiger partial charge in [-0.2, -0.15) is 5.10 Å². The Hall–Kier alpha value is -2.80. The maximum atomic E-state index is 11.9. The molecule has 160 valence electrons. The summed E-state index contributed by atoms with van der Waals surface area (Å²) in [5, 5.41) is 3.98. The number of nitrogens with zero attached hydrogens (tertiary/aromatic N) is 1. The molecule has 0 radical (unpaired) electrons.